The molecule has 2 nitrogen and oxygen atoms in total. The molecule has 0 spiro atoms. The van der Waals surface area contributed by atoms with E-state index in [9.17, 15) is 0 Å². The van der Waals surface area contributed by atoms with Gasteiger partial charge in [-0.3, -0.25) is 0 Å². The van der Waals surface area contributed by atoms with Gasteiger partial charge in [-0.25, -0.2) is 0 Å². The molecule has 1 aromatic carbocycles. The van der Waals surface area contributed by atoms with Gasteiger partial charge in [-0.05, 0) is 49.9 Å². The van der Waals surface area contributed by atoms with Crippen molar-refractivity contribution in [3.63, 3.8) is 0 Å². The molecule has 0 aromatic heterocycles. The zero-order chi connectivity index (χ0) is 11.2. The fourth-order valence-corrected chi connectivity index (χ4v) is 2.25. The first-order chi connectivity index (χ1) is 7.88. The standard InChI is InChI=1S/C14H22N2/c1-2-12-5-7-14(8-6-12)16-11-9-13-4-3-10-15-13/h5-8,13,15-16H,2-4,9-11H2,1H3. The Morgan fingerprint density at radius 3 is 2.75 bits per heavy atom. The van der Waals surface area contributed by atoms with E-state index in [1.807, 2.05) is 0 Å². The molecule has 88 valence electrons. The second kappa shape index (κ2) is 5.90. The summed E-state index contributed by atoms with van der Waals surface area (Å²) in [6, 6.07) is 9.51. The molecule has 1 saturated heterocycles. The van der Waals surface area contributed by atoms with E-state index in [4.69, 9.17) is 0 Å². The van der Waals surface area contributed by atoms with E-state index in [1.165, 1.54) is 37.1 Å². The van der Waals surface area contributed by atoms with Crippen molar-refractivity contribution in [3.8, 4) is 0 Å². The van der Waals surface area contributed by atoms with Crippen LogP contribution in [0.15, 0.2) is 24.3 Å². The maximum atomic E-state index is 3.52. The number of nitrogens with one attached hydrogen (secondary N) is 2. The third-order valence-electron chi connectivity index (χ3n) is 3.35. The average molecular weight is 218 g/mol. The van der Waals surface area contributed by atoms with Crippen LogP contribution in [0.1, 0.15) is 31.7 Å². The molecular weight excluding hydrogens is 196 g/mol. The van der Waals surface area contributed by atoms with Crippen molar-refractivity contribution in [2.24, 2.45) is 0 Å². The van der Waals surface area contributed by atoms with Crippen molar-refractivity contribution >= 4 is 5.69 Å². The highest BCUT2D eigenvalue weighted by atomic mass is 14.9. The van der Waals surface area contributed by atoms with E-state index < -0.39 is 0 Å². The molecule has 0 radical (unpaired) electrons. The van der Waals surface area contributed by atoms with Crippen molar-refractivity contribution in [2.45, 2.75) is 38.6 Å². The molecule has 1 aromatic rings. The van der Waals surface area contributed by atoms with Gasteiger partial charge in [0.05, 0.1) is 0 Å². The van der Waals surface area contributed by atoms with Crippen molar-refractivity contribution < 1.29 is 0 Å². The van der Waals surface area contributed by atoms with Gasteiger partial charge >= 0.3 is 0 Å². The second-order valence-electron chi connectivity index (χ2n) is 4.56. The first kappa shape index (κ1) is 11.5. The minimum atomic E-state index is 0.738. The molecule has 1 atom stereocenters. The smallest absolute Gasteiger partial charge is 0.0340 e. The van der Waals surface area contributed by atoms with Gasteiger partial charge in [0.2, 0.25) is 0 Å². The fourth-order valence-electron chi connectivity index (χ4n) is 2.25. The van der Waals surface area contributed by atoms with E-state index in [0.29, 0.717) is 0 Å². The minimum absolute atomic E-state index is 0.738. The predicted octanol–water partition coefficient (Wildman–Crippen LogP) is 2.80. The summed E-state index contributed by atoms with van der Waals surface area (Å²) >= 11 is 0. The Morgan fingerprint density at radius 1 is 1.31 bits per heavy atom. The van der Waals surface area contributed by atoms with E-state index in [0.717, 1.165) is 19.0 Å². The molecule has 2 rings (SSSR count). The van der Waals surface area contributed by atoms with Gasteiger partial charge in [-0.2, -0.15) is 0 Å². The Morgan fingerprint density at radius 2 is 2.12 bits per heavy atom. The monoisotopic (exact) mass is 218 g/mol. The van der Waals surface area contributed by atoms with Crippen molar-refractivity contribution in [2.75, 3.05) is 18.4 Å². The van der Waals surface area contributed by atoms with Gasteiger partial charge in [-0.1, -0.05) is 19.1 Å². The second-order valence-corrected chi connectivity index (χ2v) is 4.56. The molecule has 16 heavy (non-hydrogen) atoms. The third kappa shape index (κ3) is 3.24. The Labute approximate surface area is 98.4 Å². The zero-order valence-electron chi connectivity index (χ0n) is 10.1. The van der Waals surface area contributed by atoms with Gasteiger partial charge in [0, 0.05) is 18.3 Å². The minimum Gasteiger partial charge on any atom is -0.385 e. The number of anilines is 1. The zero-order valence-corrected chi connectivity index (χ0v) is 10.1. The van der Waals surface area contributed by atoms with Crippen LogP contribution in [0.2, 0.25) is 0 Å². The number of benzene rings is 1. The number of aryl methyl sites for hydroxylation is 1. The van der Waals surface area contributed by atoms with Gasteiger partial charge in [0.15, 0.2) is 0 Å². The predicted molar refractivity (Wildman–Crippen MR) is 70.0 cm³/mol. The topological polar surface area (TPSA) is 24.1 Å². The summed E-state index contributed by atoms with van der Waals surface area (Å²) in [5.41, 5.74) is 2.65. The molecule has 0 amide bonds. The lowest BCUT2D eigenvalue weighted by atomic mass is 10.1. The van der Waals surface area contributed by atoms with Crippen LogP contribution in [0.5, 0.6) is 0 Å². The molecule has 1 unspecified atom stereocenters. The summed E-state index contributed by atoms with van der Waals surface area (Å²) in [5, 5.41) is 7.00. The van der Waals surface area contributed by atoms with E-state index in [1.54, 1.807) is 0 Å². The molecule has 0 aliphatic carbocycles. The highest BCUT2D eigenvalue weighted by Crippen LogP contribution is 2.12. The maximum absolute atomic E-state index is 3.52. The van der Waals surface area contributed by atoms with Gasteiger partial charge in [-0.15, -0.1) is 0 Å². The first-order valence-corrected chi connectivity index (χ1v) is 6.44. The molecule has 0 bridgehead atoms. The summed E-state index contributed by atoms with van der Waals surface area (Å²) < 4.78 is 0. The van der Waals surface area contributed by atoms with Gasteiger partial charge < -0.3 is 10.6 Å². The quantitative estimate of drug-likeness (QED) is 0.794. The Balaban J connectivity index is 1.71. The number of hydrogen-bond donors (Lipinski definition) is 2. The normalized spacial score (nSPS) is 19.9. The van der Waals surface area contributed by atoms with Crippen LogP contribution >= 0.6 is 0 Å². The lowest BCUT2D eigenvalue weighted by Crippen LogP contribution is -2.24. The summed E-state index contributed by atoms with van der Waals surface area (Å²) in [7, 11) is 0. The lowest BCUT2D eigenvalue weighted by Gasteiger charge is -2.11. The van der Waals surface area contributed by atoms with Crippen LogP contribution in [0, 0.1) is 0 Å². The van der Waals surface area contributed by atoms with E-state index in [2.05, 4.69) is 41.8 Å². The highest BCUT2D eigenvalue weighted by Gasteiger charge is 2.12. The first-order valence-electron chi connectivity index (χ1n) is 6.44. The lowest BCUT2D eigenvalue weighted by molar-refractivity contribution is 0.574. The maximum Gasteiger partial charge on any atom is 0.0340 e. The molecule has 1 fully saturated rings. The third-order valence-corrected chi connectivity index (χ3v) is 3.35. The summed E-state index contributed by atoms with van der Waals surface area (Å²) in [6.07, 6.45) is 5.04. The Bertz CT molecular complexity index is 299. The molecule has 1 aliphatic rings. The molecule has 2 N–H and O–H groups in total. The number of hydrogen-bond acceptors (Lipinski definition) is 2. The highest BCUT2D eigenvalue weighted by molar-refractivity contribution is 5.44. The van der Waals surface area contributed by atoms with Crippen LogP contribution in [-0.2, 0) is 6.42 Å². The van der Waals surface area contributed by atoms with Crippen molar-refractivity contribution in [1.29, 1.82) is 0 Å². The van der Waals surface area contributed by atoms with Crippen LogP contribution in [-0.4, -0.2) is 19.1 Å². The van der Waals surface area contributed by atoms with Crippen LogP contribution in [0.4, 0.5) is 5.69 Å². The summed E-state index contributed by atoms with van der Waals surface area (Å²) in [6.45, 7) is 4.47. The SMILES string of the molecule is CCc1ccc(NCCC2CCCN2)cc1. The molecule has 0 saturated carbocycles. The summed E-state index contributed by atoms with van der Waals surface area (Å²) in [4.78, 5) is 0. The fraction of sp³-hybridized carbons (Fsp3) is 0.571. The van der Waals surface area contributed by atoms with E-state index >= 15 is 0 Å². The van der Waals surface area contributed by atoms with Gasteiger partial charge in [0.25, 0.3) is 0 Å². The van der Waals surface area contributed by atoms with Crippen LogP contribution < -0.4 is 10.6 Å². The van der Waals surface area contributed by atoms with Gasteiger partial charge in [0.1, 0.15) is 0 Å². The van der Waals surface area contributed by atoms with Crippen molar-refractivity contribution in [3.05, 3.63) is 29.8 Å². The van der Waals surface area contributed by atoms with Crippen LogP contribution in [0.3, 0.4) is 0 Å². The Hall–Kier alpha value is -1.02. The molecule has 1 heterocycles. The molecule has 2 heteroatoms. The largest absolute Gasteiger partial charge is 0.385 e. The molecule has 1 aliphatic heterocycles. The van der Waals surface area contributed by atoms with Crippen LogP contribution in [0.25, 0.3) is 0 Å². The average Bonchev–Trinajstić information content (AvgIpc) is 2.83. The summed E-state index contributed by atoms with van der Waals surface area (Å²) in [5.74, 6) is 0. The van der Waals surface area contributed by atoms with Crippen molar-refractivity contribution in [1.82, 2.24) is 5.32 Å². The Kier molecular flexibility index (Phi) is 4.23. The molecular formula is C14H22N2. The van der Waals surface area contributed by atoms with E-state index in [-0.39, 0.29) is 0 Å². The number of rotatable bonds is 5.